The molecule has 0 saturated carbocycles. The summed E-state index contributed by atoms with van der Waals surface area (Å²) in [5.41, 5.74) is 0.757. The molecule has 2 heterocycles. The zero-order valence-electron chi connectivity index (χ0n) is 14.1. The Hall–Kier alpha value is -1.69. The summed E-state index contributed by atoms with van der Waals surface area (Å²) in [4.78, 5) is 31.4. The van der Waals surface area contributed by atoms with Crippen LogP contribution in [0.4, 0.5) is 0 Å². The van der Waals surface area contributed by atoms with E-state index in [2.05, 4.69) is 17.2 Å². The number of amides is 1. The van der Waals surface area contributed by atoms with Crippen molar-refractivity contribution in [1.29, 1.82) is 0 Å². The molecule has 0 fully saturated rings. The second-order valence-corrected chi connectivity index (χ2v) is 8.59. The molecule has 2 aromatic rings. The summed E-state index contributed by atoms with van der Waals surface area (Å²) in [5.74, 6) is 0.494. The Morgan fingerprint density at radius 3 is 2.91 bits per heavy atom. The van der Waals surface area contributed by atoms with Crippen molar-refractivity contribution in [2.75, 3.05) is 0 Å². The van der Waals surface area contributed by atoms with Crippen LogP contribution in [-0.4, -0.2) is 21.0 Å². The van der Waals surface area contributed by atoms with E-state index in [1.54, 1.807) is 11.3 Å². The summed E-state index contributed by atoms with van der Waals surface area (Å²) in [6, 6.07) is 0. The molecule has 6 heteroatoms. The van der Waals surface area contributed by atoms with E-state index < -0.39 is 0 Å². The minimum absolute atomic E-state index is 0.0140. The van der Waals surface area contributed by atoms with Crippen LogP contribution in [0.2, 0.25) is 0 Å². The lowest BCUT2D eigenvalue weighted by atomic mass is 9.89. The SMILES string of the molecule is C[C@H]1CCc2c(sc3ncn(CC(=O)NC(C)(C)C)c(=O)c23)C1. The second-order valence-electron chi connectivity index (χ2n) is 7.51. The van der Waals surface area contributed by atoms with Crippen molar-refractivity contribution in [3.8, 4) is 0 Å². The Labute approximate surface area is 139 Å². The minimum Gasteiger partial charge on any atom is -0.350 e. The molecule has 3 rings (SSSR count). The van der Waals surface area contributed by atoms with Crippen molar-refractivity contribution in [3.63, 3.8) is 0 Å². The van der Waals surface area contributed by atoms with E-state index >= 15 is 0 Å². The largest absolute Gasteiger partial charge is 0.350 e. The smallest absolute Gasteiger partial charge is 0.262 e. The van der Waals surface area contributed by atoms with Crippen LogP contribution in [0.5, 0.6) is 0 Å². The fourth-order valence-electron chi connectivity index (χ4n) is 3.09. The summed E-state index contributed by atoms with van der Waals surface area (Å²) in [6.07, 6.45) is 4.57. The molecule has 0 bridgehead atoms. The van der Waals surface area contributed by atoms with Crippen LogP contribution in [0, 0.1) is 5.92 Å². The average molecular weight is 333 g/mol. The molecule has 1 amide bonds. The van der Waals surface area contributed by atoms with Gasteiger partial charge in [0.2, 0.25) is 5.91 Å². The van der Waals surface area contributed by atoms with Gasteiger partial charge in [0.25, 0.3) is 5.56 Å². The Balaban J connectivity index is 1.96. The maximum absolute atomic E-state index is 12.8. The van der Waals surface area contributed by atoms with Gasteiger partial charge in [0.1, 0.15) is 11.4 Å². The predicted octanol–water partition coefficient (Wildman–Crippen LogP) is 2.50. The lowest BCUT2D eigenvalue weighted by Gasteiger charge is -2.20. The van der Waals surface area contributed by atoms with Crippen LogP contribution < -0.4 is 10.9 Å². The zero-order chi connectivity index (χ0) is 16.8. The molecule has 0 aliphatic heterocycles. The van der Waals surface area contributed by atoms with Gasteiger partial charge >= 0.3 is 0 Å². The fraction of sp³-hybridized carbons (Fsp3) is 0.588. The van der Waals surface area contributed by atoms with Gasteiger partial charge in [-0.05, 0) is 51.5 Å². The molecule has 1 N–H and O–H groups in total. The number of hydrogen-bond donors (Lipinski definition) is 1. The van der Waals surface area contributed by atoms with Crippen LogP contribution in [0.25, 0.3) is 10.2 Å². The molecule has 1 aliphatic carbocycles. The van der Waals surface area contributed by atoms with E-state index in [1.165, 1.54) is 15.8 Å². The van der Waals surface area contributed by atoms with Crippen LogP contribution in [0.3, 0.4) is 0 Å². The first-order valence-corrected chi connectivity index (χ1v) is 8.87. The molecular formula is C17H23N3O2S. The van der Waals surface area contributed by atoms with Crippen molar-refractivity contribution in [3.05, 3.63) is 27.1 Å². The first-order valence-electron chi connectivity index (χ1n) is 8.05. The molecule has 0 saturated heterocycles. The van der Waals surface area contributed by atoms with Gasteiger partial charge in [-0.2, -0.15) is 0 Å². The highest BCUT2D eigenvalue weighted by Crippen LogP contribution is 2.35. The number of nitrogens with zero attached hydrogens (tertiary/aromatic N) is 2. The molecule has 0 spiro atoms. The van der Waals surface area contributed by atoms with Gasteiger partial charge in [0, 0.05) is 10.4 Å². The van der Waals surface area contributed by atoms with E-state index in [0.717, 1.165) is 35.0 Å². The first-order chi connectivity index (χ1) is 10.7. The van der Waals surface area contributed by atoms with Crippen molar-refractivity contribution < 1.29 is 4.79 Å². The Bertz CT molecular complexity index is 814. The summed E-state index contributed by atoms with van der Waals surface area (Å²) in [6.45, 7) is 8.03. The number of rotatable bonds is 2. The van der Waals surface area contributed by atoms with E-state index in [9.17, 15) is 9.59 Å². The van der Waals surface area contributed by atoms with Crippen molar-refractivity contribution in [2.45, 2.75) is 59.0 Å². The summed E-state index contributed by atoms with van der Waals surface area (Å²) in [7, 11) is 0. The molecular weight excluding hydrogens is 310 g/mol. The lowest BCUT2D eigenvalue weighted by molar-refractivity contribution is -0.123. The van der Waals surface area contributed by atoms with Gasteiger partial charge in [-0.15, -0.1) is 11.3 Å². The summed E-state index contributed by atoms with van der Waals surface area (Å²) < 4.78 is 1.43. The van der Waals surface area contributed by atoms with E-state index in [-0.39, 0.29) is 23.6 Å². The maximum atomic E-state index is 12.8. The normalized spacial score (nSPS) is 18.0. The van der Waals surface area contributed by atoms with Crippen molar-refractivity contribution in [1.82, 2.24) is 14.9 Å². The molecule has 5 nitrogen and oxygen atoms in total. The average Bonchev–Trinajstić information content (AvgIpc) is 2.78. The van der Waals surface area contributed by atoms with E-state index in [4.69, 9.17) is 0 Å². The number of carbonyl (C=O) groups excluding carboxylic acids is 1. The second kappa shape index (κ2) is 5.74. The van der Waals surface area contributed by atoms with Gasteiger partial charge < -0.3 is 5.32 Å². The van der Waals surface area contributed by atoms with E-state index in [0.29, 0.717) is 5.92 Å². The van der Waals surface area contributed by atoms with Crippen LogP contribution in [0.15, 0.2) is 11.1 Å². The Morgan fingerprint density at radius 2 is 2.22 bits per heavy atom. The number of aryl methyl sites for hydroxylation is 1. The Morgan fingerprint density at radius 1 is 1.48 bits per heavy atom. The van der Waals surface area contributed by atoms with Gasteiger partial charge in [-0.25, -0.2) is 4.98 Å². The number of nitrogens with one attached hydrogen (secondary N) is 1. The molecule has 23 heavy (non-hydrogen) atoms. The molecule has 0 radical (unpaired) electrons. The molecule has 1 aliphatic rings. The third-order valence-electron chi connectivity index (χ3n) is 4.11. The highest BCUT2D eigenvalue weighted by Gasteiger charge is 2.23. The molecule has 124 valence electrons. The highest BCUT2D eigenvalue weighted by molar-refractivity contribution is 7.18. The quantitative estimate of drug-likeness (QED) is 0.918. The monoisotopic (exact) mass is 333 g/mol. The number of carbonyl (C=O) groups is 1. The number of fused-ring (bicyclic) bond motifs is 3. The van der Waals surface area contributed by atoms with Crippen LogP contribution >= 0.6 is 11.3 Å². The summed E-state index contributed by atoms with van der Waals surface area (Å²) >= 11 is 1.63. The van der Waals surface area contributed by atoms with Gasteiger partial charge in [-0.3, -0.25) is 14.2 Å². The van der Waals surface area contributed by atoms with Gasteiger partial charge in [0.05, 0.1) is 11.7 Å². The molecule has 1 atom stereocenters. The zero-order valence-corrected chi connectivity index (χ0v) is 14.9. The fourth-order valence-corrected chi connectivity index (χ4v) is 4.43. The number of aromatic nitrogens is 2. The standard InChI is InChI=1S/C17H23N3O2S/c1-10-5-6-11-12(7-10)23-15-14(11)16(22)20(9-18-15)8-13(21)19-17(2,3)4/h9-10H,5-8H2,1-4H3,(H,19,21)/t10-/m0/s1. The van der Waals surface area contributed by atoms with Gasteiger partial charge in [0.15, 0.2) is 0 Å². The number of thiophene rings is 1. The summed E-state index contributed by atoms with van der Waals surface area (Å²) in [5, 5.41) is 3.61. The first kappa shape index (κ1) is 16.2. The third kappa shape index (κ3) is 3.32. The van der Waals surface area contributed by atoms with Crippen molar-refractivity contribution >= 4 is 27.5 Å². The van der Waals surface area contributed by atoms with Crippen LogP contribution in [-0.2, 0) is 24.2 Å². The predicted molar refractivity (Wildman–Crippen MR) is 93.0 cm³/mol. The highest BCUT2D eigenvalue weighted by atomic mass is 32.1. The van der Waals surface area contributed by atoms with Crippen LogP contribution in [0.1, 0.15) is 44.6 Å². The molecule has 0 unspecified atom stereocenters. The van der Waals surface area contributed by atoms with Crippen molar-refractivity contribution in [2.24, 2.45) is 5.92 Å². The van der Waals surface area contributed by atoms with E-state index in [1.807, 2.05) is 20.8 Å². The minimum atomic E-state index is -0.310. The number of hydrogen-bond acceptors (Lipinski definition) is 4. The van der Waals surface area contributed by atoms with Gasteiger partial charge in [-0.1, -0.05) is 6.92 Å². The topological polar surface area (TPSA) is 64.0 Å². The molecule has 2 aromatic heterocycles. The maximum Gasteiger partial charge on any atom is 0.262 e. The lowest BCUT2D eigenvalue weighted by Crippen LogP contribution is -2.43. The third-order valence-corrected chi connectivity index (χ3v) is 5.27. The Kier molecular flexibility index (Phi) is 4.04. The molecule has 0 aromatic carbocycles.